The van der Waals surface area contributed by atoms with Crippen LogP contribution in [0, 0.1) is 0 Å². The fourth-order valence-corrected chi connectivity index (χ4v) is 1.33. The Morgan fingerprint density at radius 2 is 1.82 bits per heavy atom. The second kappa shape index (κ2) is 9.67. The van der Waals surface area contributed by atoms with Crippen molar-refractivity contribution in [3.05, 3.63) is 53.7 Å². The summed E-state index contributed by atoms with van der Waals surface area (Å²) in [6, 6.07) is 7.90. The van der Waals surface area contributed by atoms with Gasteiger partial charge in [0, 0.05) is 7.05 Å². The fraction of sp³-hybridized carbons (Fsp3) is 0.333. The number of hydrogen-bond donors (Lipinski definition) is 2. The van der Waals surface area contributed by atoms with Gasteiger partial charge in [-0.05, 0) is 35.9 Å². The topological polar surface area (TPSA) is 32.3 Å². The van der Waals surface area contributed by atoms with E-state index < -0.39 is 0 Å². The number of aliphatic hydroxyl groups is 1. The number of rotatable bonds is 4. The van der Waals surface area contributed by atoms with E-state index in [9.17, 15) is 0 Å². The van der Waals surface area contributed by atoms with Crippen LogP contribution in [0.15, 0.2) is 42.6 Å². The minimum absolute atomic E-state index is 0.0950. The van der Waals surface area contributed by atoms with Gasteiger partial charge in [-0.25, -0.2) is 0 Å². The van der Waals surface area contributed by atoms with Gasteiger partial charge < -0.3 is 10.4 Å². The predicted molar refractivity (Wildman–Crippen MR) is 75.6 cm³/mol. The lowest BCUT2D eigenvalue weighted by molar-refractivity contribution is 0.282. The van der Waals surface area contributed by atoms with Crippen molar-refractivity contribution in [2.24, 2.45) is 0 Å². The molecule has 0 radical (unpaired) electrons. The van der Waals surface area contributed by atoms with Crippen LogP contribution in [0.3, 0.4) is 0 Å². The number of hydrogen-bond acceptors (Lipinski definition) is 2. The zero-order valence-corrected chi connectivity index (χ0v) is 11.2. The summed E-state index contributed by atoms with van der Waals surface area (Å²) in [5, 5.41) is 11.9. The maximum absolute atomic E-state index is 8.93. The standard InChI is InChI=1S/C13H17NO.C2H6/c1-3-12(8-9-14-2)13-6-4-11(10-15)5-7-13;1-2/h3-9,14-15H,10H2,1-2H3;1-2H3/b9-8-,12-3+;. The molecule has 1 aromatic rings. The smallest absolute Gasteiger partial charge is 0.0681 e. The SMILES string of the molecule is C/C=C(\C=C/NC)c1ccc(CO)cc1.CC. The van der Waals surface area contributed by atoms with Gasteiger partial charge in [-0.1, -0.05) is 44.2 Å². The molecule has 2 nitrogen and oxygen atoms in total. The molecule has 2 heteroatoms. The molecule has 0 heterocycles. The van der Waals surface area contributed by atoms with E-state index in [4.69, 9.17) is 5.11 Å². The first-order valence-electron chi connectivity index (χ1n) is 6.02. The van der Waals surface area contributed by atoms with E-state index >= 15 is 0 Å². The van der Waals surface area contributed by atoms with Crippen LogP contribution in [0.25, 0.3) is 5.57 Å². The van der Waals surface area contributed by atoms with Gasteiger partial charge in [-0.2, -0.15) is 0 Å². The molecule has 0 amide bonds. The molecule has 1 aromatic carbocycles. The van der Waals surface area contributed by atoms with E-state index in [1.807, 2.05) is 64.4 Å². The lowest BCUT2D eigenvalue weighted by Crippen LogP contribution is -1.92. The minimum Gasteiger partial charge on any atom is -0.394 e. The molecule has 0 saturated carbocycles. The number of benzene rings is 1. The molecule has 0 bridgehead atoms. The Bertz CT molecular complexity index is 350. The van der Waals surface area contributed by atoms with Crippen molar-refractivity contribution < 1.29 is 5.11 Å². The summed E-state index contributed by atoms with van der Waals surface area (Å²) in [5.74, 6) is 0. The van der Waals surface area contributed by atoms with Crippen molar-refractivity contribution in [3.63, 3.8) is 0 Å². The maximum Gasteiger partial charge on any atom is 0.0681 e. The molecule has 17 heavy (non-hydrogen) atoms. The van der Waals surface area contributed by atoms with Crippen LogP contribution in [-0.4, -0.2) is 12.2 Å². The van der Waals surface area contributed by atoms with Crippen LogP contribution in [0.5, 0.6) is 0 Å². The lowest BCUT2D eigenvalue weighted by atomic mass is 10.0. The molecular weight excluding hydrogens is 210 g/mol. The van der Waals surface area contributed by atoms with Crippen molar-refractivity contribution in [2.75, 3.05) is 7.05 Å². The van der Waals surface area contributed by atoms with Crippen molar-refractivity contribution in [3.8, 4) is 0 Å². The molecule has 0 aliphatic heterocycles. The monoisotopic (exact) mass is 233 g/mol. The van der Waals surface area contributed by atoms with Crippen molar-refractivity contribution in [1.82, 2.24) is 5.32 Å². The molecule has 0 aliphatic carbocycles. The van der Waals surface area contributed by atoms with E-state index in [0.717, 1.165) is 16.7 Å². The van der Waals surface area contributed by atoms with Gasteiger partial charge in [-0.3, -0.25) is 0 Å². The molecular formula is C15H23NO. The highest BCUT2D eigenvalue weighted by molar-refractivity contribution is 5.73. The van der Waals surface area contributed by atoms with Gasteiger partial charge in [0.1, 0.15) is 0 Å². The van der Waals surface area contributed by atoms with E-state index in [2.05, 4.69) is 11.4 Å². The maximum atomic E-state index is 8.93. The van der Waals surface area contributed by atoms with Crippen molar-refractivity contribution in [1.29, 1.82) is 0 Å². The second-order valence-electron chi connectivity index (χ2n) is 3.22. The summed E-state index contributed by atoms with van der Waals surface area (Å²) < 4.78 is 0. The van der Waals surface area contributed by atoms with Crippen LogP contribution >= 0.6 is 0 Å². The van der Waals surface area contributed by atoms with Gasteiger partial charge in [0.05, 0.1) is 6.61 Å². The van der Waals surface area contributed by atoms with Gasteiger partial charge >= 0.3 is 0 Å². The van der Waals surface area contributed by atoms with Crippen LogP contribution in [-0.2, 0) is 6.61 Å². The number of nitrogens with one attached hydrogen (secondary N) is 1. The summed E-state index contributed by atoms with van der Waals surface area (Å²) >= 11 is 0. The third kappa shape index (κ3) is 5.36. The number of aliphatic hydroxyl groups excluding tert-OH is 1. The van der Waals surface area contributed by atoms with E-state index in [0.29, 0.717) is 0 Å². The summed E-state index contributed by atoms with van der Waals surface area (Å²) in [6.45, 7) is 6.10. The highest BCUT2D eigenvalue weighted by Gasteiger charge is 1.96. The fourth-order valence-electron chi connectivity index (χ4n) is 1.33. The Balaban J connectivity index is 0.00000121. The summed E-state index contributed by atoms with van der Waals surface area (Å²) in [5.41, 5.74) is 3.25. The van der Waals surface area contributed by atoms with Crippen molar-refractivity contribution >= 4 is 5.57 Å². The van der Waals surface area contributed by atoms with Gasteiger partial charge in [0.25, 0.3) is 0 Å². The molecule has 0 saturated heterocycles. The lowest BCUT2D eigenvalue weighted by Gasteiger charge is -2.03. The molecule has 0 atom stereocenters. The largest absolute Gasteiger partial charge is 0.394 e. The average Bonchev–Trinajstić information content (AvgIpc) is 2.42. The number of allylic oxidation sites excluding steroid dienone is 3. The summed E-state index contributed by atoms with van der Waals surface area (Å²) in [6.07, 6.45) is 5.98. The zero-order chi connectivity index (χ0) is 13.1. The third-order valence-corrected chi connectivity index (χ3v) is 2.21. The van der Waals surface area contributed by atoms with Crippen LogP contribution in [0.4, 0.5) is 0 Å². The summed E-state index contributed by atoms with van der Waals surface area (Å²) in [4.78, 5) is 0. The van der Waals surface area contributed by atoms with Gasteiger partial charge in [0.15, 0.2) is 0 Å². The molecule has 0 unspecified atom stereocenters. The van der Waals surface area contributed by atoms with Crippen LogP contribution in [0.2, 0.25) is 0 Å². The normalized spacial score (nSPS) is 11.0. The highest BCUT2D eigenvalue weighted by Crippen LogP contribution is 2.16. The minimum atomic E-state index is 0.0950. The first kappa shape index (κ1) is 15.5. The Morgan fingerprint density at radius 1 is 1.24 bits per heavy atom. The Labute approximate surface area is 105 Å². The Kier molecular flexibility index (Phi) is 8.79. The zero-order valence-electron chi connectivity index (χ0n) is 11.2. The van der Waals surface area contributed by atoms with E-state index in [1.54, 1.807) is 0 Å². The van der Waals surface area contributed by atoms with E-state index in [1.165, 1.54) is 0 Å². The molecule has 1 rings (SSSR count). The second-order valence-corrected chi connectivity index (χ2v) is 3.22. The van der Waals surface area contributed by atoms with Gasteiger partial charge in [0.2, 0.25) is 0 Å². The predicted octanol–water partition coefficient (Wildman–Crippen LogP) is 3.34. The third-order valence-electron chi connectivity index (χ3n) is 2.21. The van der Waals surface area contributed by atoms with E-state index in [-0.39, 0.29) is 6.61 Å². The van der Waals surface area contributed by atoms with Crippen LogP contribution < -0.4 is 5.32 Å². The molecule has 0 spiro atoms. The molecule has 0 aliphatic rings. The average molecular weight is 233 g/mol. The highest BCUT2D eigenvalue weighted by atomic mass is 16.3. The first-order chi connectivity index (χ1) is 8.31. The molecule has 2 N–H and O–H groups in total. The Morgan fingerprint density at radius 3 is 2.24 bits per heavy atom. The van der Waals surface area contributed by atoms with Gasteiger partial charge in [-0.15, -0.1) is 0 Å². The molecule has 0 fully saturated rings. The Hall–Kier alpha value is -1.54. The van der Waals surface area contributed by atoms with Crippen molar-refractivity contribution in [2.45, 2.75) is 27.4 Å². The first-order valence-corrected chi connectivity index (χ1v) is 6.02. The quantitative estimate of drug-likeness (QED) is 0.782. The summed E-state index contributed by atoms with van der Waals surface area (Å²) in [7, 11) is 1.87. The van der Waals surface area contributed by atoms with Crippen LogP contribution in [0.1, 0.15) is 31.9 Å². The molecule has 0 aromatic heterocycles. The molecule has 94 valence electrons.